The van der Waals surface area contributed by atoms with Crippen LogP contribution in [0.3, 0.4) is 0 Å². The molecule has 0 N–H and O–H groups in total. The zero-order valence-corrected chi connectivity index (χ0v) is 15.8. The fraction of sp³-hybridized carbons (Fsp3) is 0.818. The first kappa shape index (κ1) is 21.5. The van der Waals surface area contributed by atoms with E-state index in [1.807, 2.05) is 0 Å². The molecule has 0 nitrogen and oxygen atoms in total. The van der Waals surface area contributed by atoms with Crippen molar-refractivity contribution in [1.82, 2.24) is 0 Å². The van der Waals surface area contributed by atoms with Crippen molar-refractivity contribution in [3.63, 3.8) is 0 Å². The van der Waals surface area contributed by atoms with Crippen LogP contribution in [-0.2, 0) is 0 Å². The predicted octanol–water partition coefficient (Wildman–Crippen LogP) is 8.24. The monoisotopic (exact) mass is 306 g/mol. The van der Waals surface area contributed by atoms with Gasteiger partial charge in [0.15, 0.2) is 0 Å². The Hall–Kier alpha value is -0.520. The molecular formula is C22H42. The van der Waals surface area contributed by atoms with Crippen molar-refractivity contribution in [2.24, 2.45) is 5.92 Å². The molecule has 22 heavy (non-hydrogen) atoms. The quantitative estimate of drug-likeness (QED) is 0.199. The molecule has 0 saturated carbocycles. The second-order valence-corrected chi connectivity index (χ2v) is 7.11. The SMILES string of the molecule is CCCCC=CCCCCCCCC=CCCCCC(C)C. The van der Waals surface area contributed by atoms with Gasteiger partial charge in [0.1, 0.15) is 0 Å². The van der Waals surface area contributed by atoms with E-state index in [0.29, 0.717) is 0 Å². The third-order valence-electron chi connectivity index (χ3n) is 4.20. The summed E-state index contributed by atoms with van der Waals surface area (Å²) in [5.74, 6) is 0.871. The summed E-state index contributed by atoms with van der Waals surface area (Å²) < 4.78 is 0. The molecule has 0 rings (SSSR count). The molecule has 0 unspecified atom stereocenters. The Kier molecular flexibility index (Phi) is 18.1. The lowest BCUT2D eigenvalue weighted by molar-refractivity contribution is 0.540. The maximum Gasteiger partial charge on any atom is -0.0351 e. The highest BCUT2D eigenvalue weighted by atomic mass is 14.0. The van der Waals surface area contributed by atoms with Crippen molar-refractivity contribution < 1.29 is 0 Å². The molecule has 0 heteroatoms. The van der Waals surface area contributed by atoms with Crippen LogP contribution in [0.2, 0.25) is 0 Å². The van der Waals surface area contributed by atoms with Gasteiger partial charge in [-0.3, -0.25) is 0 Å². The third kappa shape index (κ3) is 19.5. The van der Waals surface area contributed by atoms with Crippen molar-refractivity contribution in [3.05, 3.63) is 24.3 Å². The predicted molar refractivity (Wildman–Crippen MR) is 103 cm³/mol. The number of hydrogen-bond donors (Lipinski definition) is 0. The summed E-state index contributed by atoms with van der Waals surface area (Å²) in [5.41, 5.74) is 0. The second-order valence-electron chi connectivity index (χ2n) is 7.11. The van der Waals surface area contributed by atoms with E-state index in [9.17, 15) is 0 Å². The van der Waals surface area contributed by atoms with Gasteiger partial charge >= 0.3 is 0 Å². The first-order valence-corrected chi connectivity index (χ1v) is 10.1. The van der Waals surface area contributed by atoms with Gasteiger partial charge in [-0.15, -0.1) is 0 Å². The first-order valence-electron chi connectivity index (χ1n) is 10.1. The summed E-state index contributed by atoms with van der Waals surface area (Å²) in [4.78, 5) is 0. The van der Waals surface area contributed by atoms with Crippen molar-refractivity contribution in [3.8, 4) is 0 Å². The second kappa shape index (κ2) is 18.5. The summed E-state index contributed by atoms with van der Waals surface area (Å²) in [7, 11) is 0. The van der Waals surface area contributed by atoms with E-state index in [1.54, 1.807) is 0 Å². The van der Waals surface area contributed by atoms with Crippen LogP contribution < -0.4 is 0 Å². The van der Waals surface area contributed by atoms with E-state index >= 15 is 0 Å². The number of rotatable bonds is 16. The van der Waals surface area contributed by atoms with E-state index in [0.717, 1.165) is 5.92 Å². The largest absolute Gasteiger partial charge is 0.0885 e. The molecule has 0 heterocycles. The molecule has 0 saturated heterocycles. The summed E-state index contributed by atoms with van der Waals surface area (Å²) in [6.45, 7) is 6.90. The van der Waals surface area contributed by atoms with Gasteiger partial charge in [-0.25, -0.2) is 0 Å². The van der Waals surface area contributed by atoms with Gasteiger partial charge in [0, 0.05) is 0 Å². The molecule has 0 aliphatic carbocycles. The average Bonchev–Trinajstić information content (AvgIpc) is 2.50. The molecule has 0 atom stereocenters. The van der Waals surface area contributed by atoms with Crippen LogP contribution >= 0.6 is 0 Å². The fourth-order valence-corrected chi connectivity index (χ4v) is 2.66. The summed E-state index contributed by atoms with van der Waals surface area (Å²) >= 11 is 0. The van der Waals surface area contributed by atoms with E-state index in [2.05, 4.69) is 45.1 Å². The van der Waals surface area contributed by atoms with Crippen LogP contribution in [-0.4, -0.2) is 0 Å². The molecule has 0 fully saturated rings. The van der Waals surface area contributed by atoms with Crippen molar-refractivity contribution in [2.75, 3.05) is 0 Å². The molecular weight excluding hydrogens is 264 g/mol. The zero-order chi connectivity index (χ0) is 16.3. The maximum atomic E-state index is 2.41. The Bertz CT molecular complexity index is 247. The van der Waals surface area contributed by atoms with Gasteiger partial charge in [-0.1, -0.05) is 90.0 Å². The molecule has 0 aliphatic heterocycles. The Morgan fingerprint density at radius 1 is 0.545 bits per heavy atom. The maximum absolute atomic E-state index is 2.41. The molecule has 0 amide bonds. The highest BCUT2D eigenvalue weighted by Gasteiger charge is 1.92. The van der Waals surface area contributed by atoms with E-state index in [-0.39, 0.29) is 0 Å². The van der Waals surface area contributed by atoms with E-state index in [1.165, 1.54) is 89.9 Å². The molecule has 0 aliphatic rings. The zero-order valence-electron chi connectivity index (χ0n) is 15.8. The third-order valence-corrected chi connectivity index (χ3v) is 4.20. The molecule has 0 radical (unpaired) electrons. The van der Waals surface area contributed by atoms with E-state index < -0.39 is 0 Å². The van der Waals surface area contributed by atoms with Gasteiger partial charge < -0.3 is 0 Å². The van der Waals surface area contributed by atoms with Gasteiger partial charge in [-0.05, 0) is 50.9 Å². The van der Waals surface area contributed by atoms with Gasteiger partial charge in [0.2, 0.25) is 0 Å². The van der Waals surface area contributed by atoms with Crippen LogP contribution in [0.5, 0.6) is 0 Å². The van der Waals surface area contributed by atoms with Crippen molar-refractivity contribution >= 4 is 0 Å². The summed E-state index contributed by atoms with van der Waals surface area (Å²) in [6, 6.07) is 0. The Labute approximate surface area is 141 Å². The average molecular weight is 307 g/mol. The van der Waals surface area contributed by atoms with E-state index in [4.69, 9.17) is 0 Å². The highest BCUT2D eigenvalue weighted by molar-refractivity contribution is 4.82. The molecule has 0 aromatic rings. The minimum Gasteiger partial charge on any atom is -0.0885 e. The highest BCUT2D eigenvalue weighted by Crippen LogP contribution is 2.10. The van der Waals surface area contributed by atoms with Crippen LogP contribution in [0.1, 0.15) is 111 Å². The summed E-state index contributed by atoms with van der Waals surface area (Å²) in [5, 5.41) is 0. The molecule has 0 spiro atoms. The number of allylic oxidation sites excluding steroid dienone is 4. The van der Waals surface area contributed by atoms with Gasteiger partial charge in [-0.2, -0.15) is 0 Å². The smallest absolute Gasteiger partial charge is 0.0351 e. The lowest BCUT2D eigenvalue weighted by atomic mass is 10.0. The Balaban J connectivity index is 3.12. The normalized spacial score (nSPS) is 12.2. The fourth-order valence-electron chi connectivity index (χ4n) is 2.66. The van der Waals surface area contributed by atoms with Crippen LogP contribution in [0, 0.1) is 5.92 Å². The first-order chi connectivity index (χ1) is 10.8. The minimum absolute atomic E-state index is 0.871. The van der Waals surface area contributed by atoms with Crippen molar-refractivity contribution in [1.29, 1.82) is 0 Å². The number of hydrogen-bond acceptors (Lipinski definition) is 0. The van der Waals surface area contributed by atoms with Gasteiger partial charge in [0.25, 0.3) is 0 Å². The molecule has 130 valence electrons. The molecule has 0 aromatic heterocycles. The van der Waals surface area contributed by atoms with Crippen LogP contribution in [0.15, 0.2) is 24.3 Å². The van der Waals surface area contributed by atoms with Crippen molar-refractivity contribution in [2.45, 2.75) is 111 Å². The Morgan fingerprint density at radius 3 is 1.41 bits per heavy atom. The lowest BCUT2D eigenvalue weighted by Crippen LogP contribution is -1.85. The lowest BCUT2D eigenvalue weighted by Gasteiger charge is -2.01. The Morgan fingerprint density at radius 2 is 0.955 bits per heavy atom. The topological polar surface area (TPSA) is 0 Å². The summed E-state index contributed by atoms with van der Waals surface area (Å²) in [6.07, 6.45) is 28.6. The minimum atomic E-state index is 0.871. The molecule has 0 aromatic carbocycles. The van der Waals surface area contributed by atoms with Crippen LogP contribution in [0.4, 0.5) is 0 Å². The standard InChI is InChI=1S/C22H42/c1-4-5-6-7-8-9-10-11-12-13-14-15-16-17-18-19-20-21-22(2)3/h7-8,16-17,22H,4-6,9-15,18-21H2,1-3H3. The van der Waals surface area contributed by atoms with Gasteiger partial charge in [0.05, 0.1) is 0 Å². The molecule has 0 bridgehead atoms. The van der Waals surface area contributed by atoms with Crippen LogP contribution in [0.25, 0.3) is 0 Å². The number of unbranched alkanes of at least 4 members (excludes halogenated alkanes) is 10.